The van der Waals surface area contributed by atoms with Crippen LogP contribution in [-0.2, 0) is 6.42 Å². The van der Waals surface area contributed by atoms with Crippen molar-refractivity contribution in [1.29, 1.82) is 0 Å². The molecule has 16 heavy (non-hydrogen) atoms. The van der Waals surface area contributed by atoms with Gasteiger partial charge < -0.3 is 5.11 Å². The van der Waals surface area contributed by atoms with Gasteiger partial charge >= 0.3 is 0 Å². The van der Waals surface area contributed by atoms with Gasteiger partial charge in [0, 0.05) is 10.9 Å². The predicted octanol–water partition coefficient (Wildman–Crippen LogP) is 3.83. The van der Waals surface area contributed by atoms with Crippen LogP contribution in [0.5, 0.6) is 0 Å². The molecule has 0 aromatic heterocycles. The Morgan fingerprint density at radius 2 is 1.94 bits per heavy atom. The lowest BCUT2D eigenvalue weighted by Crippen LogP contribution is -2.28. The molecular formula is C12H13Cl3O. The molecule has 0 amide bonds. The Kier molecular flexibility index (Phi) is 3.70. The van der Waals surface area contributed by atoms with Gasteiger partial charge in [0.25, 0.3) is 0 Å². The van der Waals surface area contributed by atoms with E-state index in [0.717, 1.165) is 18.4 Å². The molecule has 0 spiro atoms. The normalized spacial score (nSPS) is 21.5. The quantitative estimate of drug-likeness (QED) is 0.831. The zero-order valence-electron chi connectivity index (χ0n) is 8.67. The molecular weight excluding hydrogens is 266 g/mol. The third kappa shape index (κ3) is 2.65. The van der Waals surface area contributed by atoms with Crippen molar-refractivity contribution >= 4 is 34.8 Å². The summed E-state index contributed by atoms with van der Waals surface area (Å²) in [5.74, 6) is -0.143. The van der Waals surface area contributed by atoms with Crippen LogP contribution in [0.1, 0.15) is 18.4 Å². The minimum atomic E-state index is -0.920. The van der Waals surface area contributed by atoms with Gasteiger partial charge in [0.15, 0.2) is 0 Å². The molecule has 88 valence electrons. The van der Waals surface area contributed by atoms with E-state index in [1.165, 1.54) is 0 Å². The summed E-state index contributed by atoms with van der Waals surface area (Å²) in [6.45, 7) is 0. The third-order valence-electron chi connectivity index (χ3n) is 3.12. The van der Waals surface area contributed by atoms with Crippen LogP contribution in [0.4, 0.5) is 0 Å². The standard InChI is InChI=1S/C12H13Cl3O/c13-10-4-2-1-3-8(10)7-9(11(14)16)12(15)5-6-12/h1-4,9,11,16H,5-7H2. The molecule has 0 heterocycles. The summed E-state index contributed by atoms with van der Waals surface area (Å²) in [7, 11) is 0. The minimum absolute atomic E-state index is 0.143. The van der Waals surface area contributed by atoms with Crippen molar-refractivity contribution in [2.75, 3.05) is 0 Å². The van der Waals surface area contributed by atoms with Crippen LogP contribution < -0.4 is 0 Å². The highest BCUT2D eigenvalue weighted by molar-refractivity contribution is 6.31. The highest BCUT2D eigenvalue weighted by Crippen LogP contribution is 2.51. The van der Waals surface area contributed by atoms with E-state index in [2.05, 4.69) is 0 Å². The maximum atomic E-state index is 9.58. The first-order valence-electron chi connectivity index (χ1n) is 5.27. The van der Waals surface area contributed by atoms with E-state index in [1.807, 2.05) is 24.3 Å². The number of hydrogen-bond donors (Lipinski definition) is 1. The van der Waals surface area contributed by atoms with Crippen molar-refractivity contribution in [3.05, 3.63) is 34.9 Å². The Labute approximate surface area is 110 Å². The van der Waals surface area contributed by atoms with Gasteiger partial charge in [0.1, 0.15) is 5.56 Å². The summed E-state index contributed by atoms with van der Waals surface area (Å²) in [6, 6.07) is 7.58. The van der Waals surface area contributed by atoms with Crippen LogP contribution in [0.25, 0.3) is 0 Å². The van der Waals surface area contributed by atoms with Gasteiger partial charge in [-0.25, -0.2) is 0 Å². The topological polar surface area (TPSA) is 20.2 Å². The summed E-state index contributed by atoms with van der Waals surface area (Å²) in [4.78, 5) is -0.333. The lowest BCUT2D eigenvalue weighted by molar-refractivity contribution is 0.175. The molecule has 1 fully saturated rings. The van der Waals surface area contributed by atoms with E-state index >= 15 is 0 Å². The zero-order valence-corrected chi connectivity index (χ0v) is 10.9. The second kappa shape index (κ2) is 4.73. The second-order valence-electron chi connectivity index (χ2n) is 4.31. The van der Waals surface area contributed by atoms with Crippen LogP contribution in [0.2, 0.25) is 5.02 Å². The summed E-state index contributed by atoms with van der Waals surface area (Å²) >= 11 is 18.2. The fraction of sp³-hybridized carbons (Fsp3) is 0.500. The molecule has 1 aliphatic rings. The van der Waals surface area contributed by atoms with E-state index in [1.54, 1.807) is 0 Å². The van der Waals surface area contributed by atoms with E-state index in [0.29, 0.717) is 11.4 Å². The summed E-state index contributed by atoms with van der Waals surface area (Å²) in [6.07, 6.45) is 2.44. The fourth-order valence-electron chi connectivity index (χ4n) is 1.92. The number of aliphatic hydroxyl groups is 1. The summed E-state index contributed by atoms with van der Waals surface area (Å²) in [5.41, 5.74) is 0.0667. The Balaban J connectivity index is 2.15. The third-order valence-corrected chi connectivity index (χ3v) is 4.45. The lowest BCUT2D eigenvalue weighted by Gasteiger charge is -2.23. The summed E-state index contributed by atoms with van der Waals surface area (Å²) in [5, 5.41) is 10.3. The van der Waals surface area contributed by atoms with E-state index in [-0.39, 0.29) is 10.8 Å². The molecule has 0 saturated heterocycles. The predicted molar refractivity (Wildman–Crippen MR) is 68.3 cm³/mol. The van der Waals surface area contributed by atoms with E-state index in [9.17, 15) is 5.11 Å². The van der Waals surface area contributed by atoms with Crippen molar-refractivity contribution in [3.63, 3.8) is 0 Å². The van der Waals surface area contributed by atoms with Gasteiger partial charge in [-0.1, -0.05) is 41.4 Å². The zero-order chi connectivity index (χ0) is 11.8. The average molecular weight is 280 g/mol. The molecule has 0 radical (unpaired) electrons. The van der Waals surface area contributed by atoms with Crippen LogP contribution in [0.3, 0.4) is 0 Å². The fourth-order valence-corrected chi connectivity index (χ4v) is 2.82. The molecule has 2 atom stereocenters. The largest absolute Gasteiger partial charge is 0.377 e. The summed E-state index contributed by atoms with van der Waals surface area (Å²) < 4.78 is 0. The molecule has 0 aliphatic heterocycles. The van der Waals surface area contributed by atoms with Crippen molar-refractivity contribution in [3.8, 4) is 0 Å². The average Bonchev–Trinajstić information content (AvgIpc) is 2.95. The van der Waals surface area contributed by atoms with Crippen molar-refractivity contribution in [2.45, 2.75) is 29.7 Å². The smallest absolute Gasteiger partial charge is 0.132 e. The lowest BCUT2D eigenvalue weighted by atomic mass is 9.95. The molecule has 1 aromatic carbocycles. The Morgan fingerprint density at radius 3 is 2.44 bits per heavy atom. The molecule has 1 aliphatic carbocycles. The molecule has 0 bridgehead atoms. The maximum absolute atomic E-state index is 9.58. The van der Waals surface area contributed by atoms with Crippen LogP contribution in [-0.4, -0.2) is 15.5 Å². The van der Waals surface area contributed by atoms with Gasteiger partial charge in [-0.05, 0) is 30.9 Å². The number of halogens is 3. The van der Waals surface area contributed by atoms with Gasteiger partial charge in [-0.2, -0.15) is 0 Å². The second-order valence-corrected chi connectivity index (χ2v) is 5.92. The van der Waals surface area contributed by atoms with Gasteiger partial charge in [0.2, 0.25) is 0 Å². The van der Waals surface area contributed by atoms with Gasteiger partial charge in [0.05, 0.1) is 4.87 Å². The Hall–Kier alpha value is 0.0500. The highest BCUT2D eigenvalue weighted by atomic mass is 35.5. The van der Waals surface area contributed by atoms with Crippen molar-refractivity contribution < 1.29 is 5.11 Å². The molecule has 1 nitrogen and oxygen atoms in total. The number of benzene rings is 1. The first-order chi connectivity index (χ1) is 7.53. The minimum Gasteiger partial charge on any atom is -0.377 e. The van der Waals surface area contributed by atoms with Crippen LogP contribution in [0, 0.1) is 5.92 Å². The first-order valence-corrected chi connectivity index (χ1v) is 6.47. The molecule has 1 aromatic rings. The molecule has 1 N–H and O–H groups in total. The molecule has 4 heteroatoms. The first kappa shape index (κ1) is 12.5. The van der Waals surface area contributed by atoms with Crippen LogP contribution in [0.15, 0.2) is 24.3 Å². The van der Waals surface area contributed by atoms with Crippen molar-refractivity contribution in [1.82, 2.24) is 0 Å². The van der Waals surface area contributed by atoms with Gasteiger partial charge in [-0.15, -0.1) is 11.6 Å². The number of alkyl halides is 2. The van der Waals surface area contributed by atoms with E-state index < -0.39 is 5.56 Å². The molecule has 2 rings (SSSR count). The monoisotopic (exact) mass is 278 g/mol. The Morgan fingerprint density at radius 1 is 1.31 bits per heavy atom. The number of rotatable bonds is 4. The van der Waals surface area contributed by atoms with Gasteiger partial charge in [-0.3, -0.25) is 0 Å². The SMILES string of the molecule is OC(Cl)C(Cc1ccccc1Cl)C1(Cl)CC1. The van der Waals surface area contributed by atoms with E-state index in [4.69, 9.17) is 34.8 Å². The highest BCUT2D eigenvalue weighted by Gasteiger charge is 2.50. The maximum Gasteiger partial charge on any atom is 0.132 e. The van der Waals surface area contributed by atoms with Crippen LogP contribution >= 0.6 is 34.8 Å². The Bertz CT molecular complexity index is 374. The number of aliphatic hydroxyl groups excluding tert-OH is 1. The number of hydrogen-bond acceptors (Lipinski definition) is 1. The van der Waals surface area contributed by atoms with Crippen molar-refractivity contribution in [2.24, 2.45) is 5.92 Å². The molecule has 1 saturated carbocycles. The molecule has 2 unspecified atom stereocenters.